The Morgan fingerprint density at radius 1 is 1.43 bits per heavy atom. The van der Waals surface area contributed by atoms with Gasteiger partial charge in [-0.1, -0.05) is 12.8 Å². The topological polar surface area (TPSA) is 63.4 Å². The van der Waals surface area contributed by atoms with Gasteiger partial charge in [-0.25, -0.2) is 4.98 Å². The monoisotopic (exact) mass is 310 g/mol. The van der Waals surface area contributed by atoms with Crippen molar-refractivity contribution in [2.45, 2.75) is 50.6 Å². The van der Waals surface area contributed by atoms with Gasteiger partial charge < -0.3 is 4.74 Å². The Labute approximate surface area is 130 Å². The quantitative estimate of drug-likeness (QED) is 0.637. The van der Waals surface area contributed by atoms with Gasteiger partial charge in [0.15, 0.2) is 0 Å². The van der Waals surface area contributed by atoms with Gasteiger partial charge >= 0.3 is 0 Å². The fraction of sp³-hybridized carbons (Fsp3) is 0.800. The molecule has 0 aromatic carbocycles. The molecule has 1 aliphatic heterocycles. The van der Waals surface area contributed by atoms with Crippen LogP contribution in [0.5, 0.6) is 0 Å². The van der Waals surface area contributed by atoms with Gasteiger partial charge in [0, 0.05) is 42.2 Å². The average Bonchev–Trinajstić information content (AvgIpc) is 3.15. The average molecular weight is 310 g/mol. The molecule has 1 saturated heterocycles. The molecule has 0 bridgehead atoms. The summed E-state index contributed by atoms with van der Waals surface area (Å²) in [5, 5.41) is 3.31. The van der Waals surface area contributed by atoms with Crippen LogP contribution in [0.15, 0.2) is 5.38 Å². The van der Waals surface area contributed by atoms with E-state index in [9.17, 15) is 0 Å². The molecule has 0 amide bonds. The van der Waals surface area contributed by atoms with Crippen LogP contribution in [0.3, 0.4) is 0 Å². The van der Waals surface area contributed by atoms with Crippen molar-refractivity contribution >= 4 is 11.3 Å². The second-order valence-electron chi connectivity index (χ2n) is 6.22. The molecule has 2 heterocycles. The number of ether oxygens (including phenoxy) is 1. The number of hydrogen-bond acceptors (Lipinski definition) is 6. The maximum atomic E-state index is 5.97. The number of rotatable bonds is 5. The highest BCUT2D eigenvalue weighted by atomic mass is 32.1. The Morgan fingerprint density at radius 3 is 2.71 bits per heavy atom. The first-order valence-corrected chi connectivity index (χ1v) is 8.82. The molecule has 3 N–H and O–H groups in total. The van der Waals surface area contributed by atoms with Crippen molar-refractivity contribution in [2.24, 2.45) is 5.84 Å². The zero-order valence-corrected chi connectivity index (χ0v) is 13.6. The predicted octanol–water partition coefficient (Wildman–Crippen LogP) is 1.47. The largest absolute Gasteiger partial charge is 0.379 e. The highest BCUT2D eigenvalue weighted by molar-refractivity contribution is 7.09. The molecule has 1 aromatic heterocycles. The van der Waals surface area contributed by atoms with E-state index in [2.05, 4.69) is 27.6 Å². The van der Waals surface area contributed by atoms with Gasteiger partial charge in [-0.05, 0) is 19.8 Å². The normalized spacial score (nSPS) is 24.3. The number of aryl methyl sites for hydroxylation is 1. The third kappa shape index (κ3) is 3.14. The predicted molar refractivity (Wildman–Crippen MR) is 85.3 cm³/mol. The molecule has 1 unspecified atom stereocenters. The van der Waals surface area contributed by atoms with Gasteiger partial charge in [0.1, 0.15) is 0 Å². The molecule has 2 aliphatic rings. The lowest BCUT2D eigenvalue weighted by atomic mass is 9.84. The summed E-state index contributed by atoms with van der Waals surface area (Å²) in [5.41, 5.74) is 4.41. The van der Waals surface area contributed by atoms with Crippen molar-refractivity contribution in [3.8, 4) is 0 Å². The zero-order chi connectivity index (χ0) is 14.7. The summed E-state index contributed by atoms with van der Waals surface area (Å²) in [6, 6.07) is 0.267. The SMILES string of the molecule is Cc1csc(CC(NN)C2(N3CCOCC3)CCCC2)n1. The summed E-state index contributed by atoms with van der Waals surface area (Å²) in [5.74, 6) is 5.97. The molecular formula is C15H26N4OS. The fourth-order valence-corrected chi connectivity index (χ4v) is 4.77. The van der Waals surface area contributed by atoms with Gasteiger partial charge in [-0.3, -0.25) is 16.2 Å². The van der Waals surface area contributed by atoms with E-state index in [1.165, 1.54) is 30.7 Å². The number of nitrogens with zero attached hydrogens (tertiary/aromatic N) is 2. The van der Waals surface area contributed by atoms with Crippen molar-refractivity contribution < 1.29 is 4.74 Å². The molecule has 1 aliphatic carbocycles. The summed E-state index contributed by atoms with van der Waals surface area (Å²) in [4.78, 5) is 7.25. The van der Waals surface area contributed by atoms with Crippen LogP contribution in [0, 0.1) is 6.92 Å². The van der Waals surface area contributed by atoms with E-state index in [0.717, 1.165) is 38.4 Å². The number of thiazole rings is 1. The van der Waals surface area contributed by atoms with Crippen molar-refractivity contribution in [1.29, 1.82) is 0 Å². The van der Waals surface area contributed by atoms with Crippen molar-refractivity contribution in [2.75, 3.05) is 26.3 Å². The lowest BCUT2D eigenvalue weighted by molar-refractivity contribution is -0.0357. The summed E-state index contributed by atoms with van der Waals surface area (Å²) in [7, 11) is 0. The maximum Gasteiger partial charge on any atom is 0.0944 e. The molecule has 3 rings (SSSR count). The first-order valence-electron chi connectivity index (χ1n) is 7.94. The highest BCUT2D eigenvalue weighted by Gasteiger charge is 2.46. The molecule has 5 nitrogen and oxygen atoms in total. The van der Waals surface area contributed by atoms with Crippen molar-refractivity contribution in [3.63, 3.8) is 0 Å². The molecule has 0 spiro atoms. The minimum absolute atomic E-state index is 0.179. The van der Waals surface area contributed by atoms with E-state index in [1.807, 2.05) is 0 Å². The Kier molecular flexibility index (Phi) is 4.91. The van der Waals surface area contributed by atoms with Gasteiger partial charge in [0.05, 0.1) is 18.2 Å². The lowest BCUT2D eigenvalue weighted by Crippen LogP contribution is -2.64. The zero-order valence-electron chi connectivity index (χ0n) is 12.8. The minimum Gasteiger partial charge on any atom is -0.379 e. The third-order valence-corrected chi connectivity index (χ3v) is 5.99. The number of nitrogens with two attached hydrogens (primary N) is 1. The maximum absolute atomic E-state index is 5.97. The van der Waals surface area contributed by atoms with E-state index >= 15 is 0 Å². The Bertz CT molecular complexity index is 452. The fourth-order valence-electron chi connectivity index (χ4n) is 3.96. The van der Waals surface area contributed by atoms with Gasteiger partial charge in [-0.15, -0.1) is 11.3 Å². The minimum atomic E-state index is 0.179. The van der Waals surface area contributed by atoms with E-state index < -0.39 is 0 Å². The van der Waals surface area contributed by atoms with Gasteiger partial charge in [0.2, 0.25) is 0 Å². The van der Waals surface area contributed by atoms with Gasteiger partial charge in [-0.2, -0.15) is 0 Å². The molecule has 21 heavy (non-hydrogen) atoms. The highest BCUT2D eigenvalue weighted by Crippen LogP contribution is 2.39. The molecular weight excluding hydrogens is 284 g/mol. The molecule has 6 heteroatoms. The van der Waals surface area contributed by atoms with Crippen LogP contribution in [0.25, 0.3) is 0 Å². The Balaban J connectivity index is 1.79. The lowest BCUT2D eigenvalue weighted by Gasteiger charge is -2.48. The second kappa shape index (κ2) is 6.71. The van der Waals surface area contributed by atoms with Crippen LogP contribution < -0.4 is 11.3 Å². The number of hydrogen-bond donors (Lipinski definition) is 2. The molecule has 1 aromatic rings. The standard InChI is InChI=1S/C15H26N4OS/c1-12-11-21-14(17-12)10-13(18-16)15(4-2-3-5-15)19-6-8-20-9-7-19/h11,13,18H,2-10,16H2,1H3. The number of aromatic nitrogens is 1. The van der Waals surface area contributed by atoms with Crippen molar-refractivity contribution in [3.05, 3.63) is 16.1 Å². The van der Waals surface area contributed by atoms with Crippen LogP contribution in [-0.4, -0.2) is 47.8 Å². The summed E-state index contributed by atoms with van der Waals surface area (Å²) >= 11 is 1.75. The molecule has 118 valence electrons. The van der Waals surface area contributed by atoms with Crippen LogP contribution in [0.1, 0.15) is 36.4 Å². The van der Waals surface area contributed by atoms with E-state index in [4.69, 9.17) is 10.6 Å². The smallest absolute Gasteiger partial charge is 0.0944 e. The van der Waals surface area contributed by atoms with Crippen molar-refractivity contribution in [1.82, 2.24) is 15.3 Å². The molecule has 0 radical (unpaired) electrons. The van der Waals surface area contributed by atoms with Crippen LogP contribution in [0.4, 0.5) is 0 Å². The number of hydrazine groups is 1. The Hall–Kier alpha value is -0.530. The van der Waals surface area contributed by atoms with E-state index in [-0.39, 0.29) is 11.6 Å². The van der Waals surface area contributed by atoms with Gasteiger partial charge in [0.25, 0.3) is 0 Å². The number of nitrogens with one attached hydrogen (secondary N) is 1. The van der Waals surface area contributed by atoms with E-state index in [1.54, 1.807) is 11.3 Å². The first-order chi connectivity index (χ1) is 10.2. The second-order valence-corrected chi connectivity index (χ2v) is 7.16. The Morgan fingerprint density at radius 2 is 2.14 bits per heavy atom. The van der Waals surface area contributed by atoms with Crippen LogP contribution >= 0.6 is 11.3 Å². The summed E-state index contributed by atoms with van der Waals surface area (Å²) < 4.78 is 5.54. The summed E-state index contributed by atoms with van der Waals surface area (Å²) in [6.07, 6.45) is 5.98. The van der Waals surface area contributed by atoms with Crippen LogP contribution in [-0.2, 0) is 11.2 Å². The molecule has 1 saturated carbocycles. The number of morpholine rings is 1. The summed E-state index contributed by atoms with van der Waals surface area (Å²) in [6.45, 7) is 5.78. The molecule has 1 atom stereocenters. The van der Waals surface area contributed by atoms with Crippen LogP contribution in [0.2, 0.25) is 0 Å². The molecule has 2 fully saturated rings. The third-order valence-electron chi connectivity index (χ3n) is 5.01. The van der Waals surface area contributed by atoms with E-state index in [0.29, 0.717) is 0 Å². The first kappa shape index (κ1) is 15.4.